The van der Waals surface area contributed by atoms with E-state index in [2.05, 4.69) is 43.6 Å². The molecule has 0 saturated carbocycles. The molecule has 0 aliphatic carbocycles. The number of carbonyl (C=O) groups excluding carboxylic acids is 1. The third-order valence-corrected chi connectivity index (χ3v) is 4.42. The van der Waals surface area contributed by atoms with Crippen molar-refractivity contribution in [2.45, 2.75) is 51.6 Å². The van der Waals surface area contributed by atoms with Gasteiger partial charge >= 0.3 is 0 Å². The molecule has 6 nitrogen and oxygen atoms in total. The van der Waals surface area contributed by atoms with Crippen LogP contribution in [0, 0.1) is 0 Å². The first-order chi connectivity index (χ1) is 10.4. The van der Waals surface area contributed by atoms with Crippen molar-refractivity contribution in [2.24, 2.45) is 0 Å². The van der Waals surface area contributed by atoms with Crippen molar-refractivity contribution < 1.29 is 18.8 Å². The molecule has 0 heterocycles. The summed E-state index contributed by atoms with van der Waals surface area (Å²) < 4.78 is 16.7. The minimum atomic E-state index is -0.490. The number of ether oxygens (including phenoxy) is 2. The lowest BCUT2D eigenvalue weighted by atomic mass is 10.1. The number of hydrazine groups is 1. The molecule has 2 N–H and O–H groups in total. The Kier molecular flexibility index (Phi) is 13.6. The molecule has 0 spiro atoms. The van der Waals surface area contributed by atoms with Gasteiger partial charge in [-0.3, -0.25) is 10.2 Å². The molecule has 0 fully saturated rings. The molecule has 1 amide bonds. The first-order valence-corrected chi connectivity index (χ1v) is 9.90. The minimum Gasteiger partial charge on any atom is -0.378 e. The quantitative estimate of drug-likeness (QED) is 0.194. The van der Waals surface area contributed by atoms with E-state index in [4.69, 9.17) is 14.0 Å². The predicted octanol–water partition coefficient (Wildman–Crippen LogP) is 2.84. The van der Waals surface area contributed by atoms with Crippen LogP contribution in [0.4, 0.5) is 0 Å². The molecule has 0 aliphatic heterocycles. The van der Waals surface area contributed by atoms with Gasteiger partial charge in [0.25, 0.3) is 0 Å². The van der Waals surface area contributed by atoms with Crippen LogP contribution in [0.5, 0.6) is 0 Å². The summed E-state index contributed by atoms with van der Waals surface area (Å²) in [4.78, 5) is 13.5. The number of methoxy groups -OCH3 is 1. The fourth-order valence-corrected chi connectivity index (χ4v) is 2.74. The lowest BCUT2D eigenvalue weighted by Crippen LogP contribution is -2.30. The van der Waals surface area contributed by atoms with Gasteiger partial charge in [0.2, 0.25) is 5.91 Å². The van der Waals surface area contributed by atoms with E-state index in [1.165, 1.54) is 0 Å². The average Bonchev–Trinajstić information content (AvgIpc) is 2.43. The first kappa shape index (κ1) is 22.1. The largest absolute Gasteiger partial charge is 0.378 e. The number of unbranched alkanes of at least 4 members (excludes halogenated alkanes) is 2. The van der Waals surface area contributed by atoms with Gasteiger partial charge in [0.05, 0.1) is 26.7 Å². The molecule has 0 aromatic heterocycles. The molecule has 1 atom stereocenters. The highest BCUT2D eigenvalue weighted by Crippen LogP contribution is 2.32. The Labute approximate surface area is 141 Å². The minimum absolute atomic E-state index is 0.0412. The zero-order chi connectivity index (χ0) is 16.8. The zero-order valence-electron chi connectivity index (χ0n) is 14.2. The average molecular weight is 354 g/mol. The van der Waals surface area contributed by atoms with Gasteiger partial charge in [-0.15, -0.1) is 0 Å². The summed E-state index contributed by atoms with van der Waals surface area (Å²) >= 11 is 3.70. The molecule has 0 radical (unpaired) electrons. The van der Waals surface area contributed by atoms with Gasteiger partial charge in [-0.2, -0.15) is 4.83 Å². The molecule has 1 unspecified atom stereocenters. The number of hydrogen-bond acceptors (Lipinski definition) is 6. The number of carbonyl (C=O) groups is 1. The Balaban J connectivity index is 3.57. The number of amides is 1. The summed E-state index contributed by atoms with van der Waals surface area (Å²) in [6.07, 6.45) is 4.82. The van der Waals surface area contributed by atoms with E-state index in [1.54, 1.807) is 7.11 Å². The van der Waals surface area contributed by atoms with E-state index in [0.717, 1.165) is 25.7 Å². The van der Waals surface area contributed by atoms with E-state index in [0.29, 0.717) is 26.0 Å². The maximum atomic E-state index is 11.2. The van der Waals surface area contributed by atoms with Crippen molar-refractivity contribution >= 4 is 26.9 Å². The second-order valence-electron chi connectivity index (χ2n) is 5.71. The van der Waals surface area contributed by atoms with Gasteiger partial charge in [0.1, 0.15) is 0 Å². The summed E-state index contributed by atoms with van der Waals surface area (Å²) in [7, 11) is 1.20. The number of rotatable bonds is 14. The summed E-state index contributed by atoms with van der Waals surface area (Å²) in [6, 6.07) is 0. The topological polar surface area (TPSA) is 68.8 Å². The lowest BCUT2D eigenvalue weighted by Gasteiger charge is -2.26. The normalized spacial score (nSPS) is 13.1. The van der Waals surface area contributed by atoms with Gasteiger partial charge in [0.15, 0.2) is 0 Å². The zero-order valence-corrected chi connectivity index (χ0v) is 16.0. The van der Waals surface area contributed by atoms with Crippen molar-refractivity contribution in [3.8, 4) is 0 Å². The van der Waals surface area contributed by atoms with Crippen LogP contribution < -0.4 is 10.3 Å². The standard InChI is InChI=1S/C14H31N2O4PS/c1-14(2,9-11-20-21(4)12-18-3)19-10-7-5-6-8-13(17)15-16-22/h16,22H,5-12H2,1-4H3,(H,15,17). The summed E-state index contributed by atoms with van der Waals surface area (Å²) in [5.41, 5.74) is 2.24. The van der Waals surface area contributed by atoms with E-state index in [9.17, 15) is 4.79 Å². The van der Waals surface area contributed by atoms with Gasteiger partial charge in [-0.05, 0) is 39.8 Å². The molecule has 0 aliphatic rings. The molecule has 0 rings (SSSR count). The van der Waals surface area contributed by atoms with Gasteiger partial charge in [0, 0.05) is 20.1 Å². The second-order valence-corrected chi connectivity index (χ2v) is 7.70. The molecule has 0 bridgehead atoms. The Morgan fingerprint density at radius 1 is 1.23 bits per heavy atom. The van der Waals surface area contributed by atoms with E-state index < -0.39 is 8.15 Å². The third-order valence-electron chi connectivity index (χ3n) is 3.06. The number of thiol groups is 1. The fourth-order valence-electron chi connectivity index (χ4n) is 1.78. The van der Waals surface area contributed by atoms with Crippen LogP contribution in [-0.4, -0.2) is 44.8 Å². The maximum absolute atomic E-state index is 11.2. The lowest BCUT2D eigenvalue weighted by molar-refractivity contribution is -0.121. The van der Waals surface area contributed by atoms with Crippen LogP contribution >= 0.6 is 21.0 Å². The van der Waals surface area contributed by atoms with Crippen molar-refractivity contribution in [1.82, 2.24) is 10.3 Å². The third kappa shape index (κ3) is 13.7. The Hall–Kier alpha value is 0.0900. The van der Waals surface area contributed by atoms with Gasteiger partial charge in [-0.1, -0.05) is 19.2 Å². The van der Waals surface area contributed by atoms with Crippen LogP contribution in [0.2, 0.25) is 0 Å². The van der Waals surface area contributed by atoms with Crippen molar-refractivity contribution in [3.63, 3.8) is 0 Å². The fraction of sp³-hybridized carbons (Fsp3) is 0.929. The summed E-state index contributed by atoms with van der Waals surface area (Å²) in [6.45, 7) is 7.62. The maximum Gasteiger partial charge on any atom is 0.234 e. The van der Waals surface area contributed by atoms with Crippen LogP contribution in [0.1, 0.15) is 46.0 Å². The molecular formula is C14H31N2O4PS. The highest BCUT2D eigenvalue weighted by atomic mass is 32.1. The second kappa shape index (κ2) is 13.5. The molecule has 0 saturated heterocycles. The predicted molar refractivity (Wildman–Crippen MR) is 94.1 cm³/mol. The molecule has 0 aromatic carbocycles. The molecule has 0 aromatic rings. The van der Waals surface area contributed by atoms with Crippen LogP contribution in [-0.2, 0) is 18.8 Å². The van der Waals surface area contributed by atoms with Crippen molar-refractivity contribution in [2.75, 3.05) is 33.3 Å². The highest BCUT2D eigenvalue weighted by molar-refractivity contribution is 7.78. The van der Waals surface area contributed by atoms with Crippen LogP contribution in [0.25, 0.3) is 0 Å². The van der Waals surface area contributed by atoms with Crippen molar-refractivity contribution in [3.05, 3.63) is 0 Å². The van der Waals surface area contributed by atoms with Crippen molar-refractivity contribution in [1.29, 1.82) is 0 Å². The SMILES string of the molecule is COCP(C)OCCC(C)(C)OCCCCCC(=O)NNS. The first-order valence-electron chi connectivity index (χ1n) is 7.56. The highest BCUT2D eigenvalue weighted by Gasteiger charge is 2.18. The van der Waals surface area contributed by atoms with E-state index in [-0.39, 0.29) is 11.5 Å². The Morgan fingerprint density at radius 2 is 1.95 bits per heavy atom. The van der Waals surface area contributed by atoms with E-state index >= 15 is 0 Å². The summed E-state index contributed by atoms with van der Waals surface area (Å²) in [5, 5.41) is 0. The van der Waals surface area contributed by atoms with Crippen LogP contribution in [0.3, 0.4) is 0 Å². The van der Waals surface area contributed by atoms with E-state index in [1.807, 2.05) is 0 Å². The smallest absolute Gasteiger partial charge is 0.234 e. The molecule has 22 heavy (non-hydrogen) atoms. The number of hydrogen-bond donors (Lipinski definition) is 3. The Bertz CT molecular complexity index is 296. The van der Waals surface area contributed by atoms with Crippen LogP contribution in [0.15, 0.2) is 0 Å². The number of nitrogens with one attached hydrogen (secondary N) is 2. The molecule has 132 valence electrons. The van der Waals surface area contributed by atoms with Gasteiger partial charge in [-0.25, -0.2) is 0 Å². The monoisotopic (exact) mass is 354 g/mol. The summed E-state index contributed by atoms with van der Waals surface area (Å²) in [5.74, 6) is -0.0412. The Morgan fingerprint density at radius 3 is 2.59 bits per heavy atom. The molecular weight excluding hydrogens is 323 g/mol. The molecule has 8 heteroatoms. The van der Waals surface area contributed by atoms with Gasteiger partial charge < -0.3 is 14.0 Å².